The zero-order chi connectivity index (χ0) is 11.9. The molecule has 2 rings (SSSR count). The van der Waals surface area contributed by atoms with Crippen LogP contribution in [0.3, 0.4) is 0 Å². The van der Waals surface area contributed by atoms with Gasteiger partial charge in [0.05, 0.1) is 18.2 Å². The molecule has 0 aromatic rings. The molecule has 2 aliphatic rings. The molecule has 3 nitrogen and oxygen atoms in total. The van der Waals surface area contributed by atoms with E-state index in [2.05, 4.69) is 11.4 Å². The average Bonchev–Trinajstić information content (AvgIpc) is 3.14. The molecule has 2 saturated carbocycles. The van der Waals surface area contributed by atoms with Gasteiger partial charge in [-0.1, -0.05) is 25.7 Å². The Morgan fingerprint density at radius 1 is 1.12 bits per heavy atom. The summed E-state index contributed by atoms with van der Waals surface area (Å²) in [5, 5.41) is 12.4. The number of rotatable bonds is 6. The van der Waals surface area contributed by atoms with E-state index < -0.39 is 0 Å². The minimum absolute atomic E-state index is 0.00622. The molecule has 0 aromatic carbocycles. The summed E-state index contributed by atoms with van der Waals surface area (Å²) in [6.45, 7) is 0.739. The smallest absolute Gasteiger partial charge is 0.0977 e. The highest BCUT2D eigenvalue weighted by atomic mass is 16.5. The SMILES string of the molecule is N#CC(CCOC1CCCCCC1)NC1CC1. The Labute approximate surface area is 105 Å². The molecular weight excluding hydrogens is 212 g/mol. The molecule has 0 radical (unpaired) electrons. The normalized spacial score (nSPS) is 23.9. The van der Waals surface area contributed by atoms with Crippen LogP contribution in [0.15, 0.2) is 0 Å². The lowest BCUT2D eigenvalue weighted by atomic mass is 10.1. The number of nitrogens with zero attached hydrogens (tertiary/aromatic N) is 1. The predicted molar refractivity (Wildman–Crippen MR) is 67.6 cm³/mol. The summed E-state index contributed by atoms with van der Waals surface area (Å²) in [5.74, 6) is 0. The van der Waals surface area contributed by atoms with Crippen LogP contribution >= 0.6 is 0 Å². The Bertz CT molecular complexity index is 249. The van der Waals surface area contributed by atoms with Gasteiger partial charge in [0.2, 0.25) is 0 Å². The van der Waals surface area contributed by atoms with Crippen LogP contribution in [0, 0.1) is 11.3 Å². The zero-order valence-electron chi connectivity index (χ0n) is 10.7. The fourth-order valence-electron chi connectivity index (χ4n) is 2.48. The topological polar surface area (TPSA) is 45.0 Å². The largest absolute Gasteiger partial charge is 0.378 e. The standard InChI is InChI=1S/C14H24N2O/c15-11-13(16-12-7-8-12)9-10-17-14-5-3-1-2-4-6-14/h12-14,16H,1-10H2. The van der Waals surface area contributed by atoms with Crippen molar-refractivity contribution in [2.24, 2.45) is 0 Å². The fourth-order valence-corrected chi connectivity index (χ4v) is 2.48. The van der Waals surface area contributed by atoms with Crippen molar-refractivity contribution in [1.29, 1.82) is 5.26 Å². The van der Waals surface area contributed by atoms with E-state index in [4.69, 9.17) is 10.00 Å². The van der Waals surface area contributed by atoms with Gasteiger partial charge in [-0.15, -0.1) is 0 Å². The van der Waals surface area contributed by atoms with Gasteiger partial charge in [-0.2, -0.15) is 5.26 Å². The molecular formula is C14H24N2O. The lowest BCUT2D eigenvalue weighted by Crippen LogP contribution is -2.31. The van der Waals surface area contributed by atoms with E-state index in [1.54, 1.807) is 0 Å². The van der Waals surface area contributed by atoms with Gasteiger partial charge in [0.1, 0.15) is 0 Å². The van der Waals surface area contributed by atoms with Crippen LogP contribution in [0.1, 0.15) is 57.8 Å². The lowest BCUT2D eigenvalue weighted by Gasteiger charge is -2.17. The third kappa shape index (κ3) is 5.06. The van der Waals surface area contributed by atoms with Gasteiger partial charge in [0.25, 0.3) is 0 Å². The van der Waals surface area contributed by atoms with Crippen molar-refractivity contribution in [2.45, 2.75) is 76.0 Å². The Kier molecular flexibility index (Phi) is 5.28. The highest BCUT2D eigenvalue weighted by Gasteiger charge is 2.24. The highest BCUT2D eigenvalue weighted by molar-refractivity contribution is 4.95. The minimum Gasteiger partial charge on any atom is -0.378 e. The summed E-state index contributed by atoms with van der Waals surface area (Å²) in [6, 6.07) is 2.93. The molecule has 2 aliphatic carbocycles. The third-order valence-electron chi connectivity index (χ3n) is 3.73. The van der Waals surface area contributed by atoms with E-state index in [9.17, 15) is 0 Å². The number of nitriles is 1. The molecule has 0 aliphatic heterocycles. The van der Waals surface area contributed by atoms with E-state index in [0.29, 0.717) is 12.1 Å². The first kappa shape index (κ1) is 12.9. The first-order valence-corrected chi connectivity index (χ1v) is 7.16. The van der Waals surface area contributed by atoms with Crippen LogP contribution in [-0.2, 0) is 4.74 Å². The average molecular weight is 236 g/mol. The molecule has 1 N–H and O–H groups in total. The van der Waals surface area contributed by atoms with Gasteiger partial charge in [-0.05, 0) is 32.1 Å². The van der Waals surface area contributed by atoms with Gasteiger partial charge >= 0.3 is 0 Å². The van der Waals surface area contributed by atoms with E-state index >= 15 is 0 Å². The maximum Gasteiger partial charge on any atom is 0.0977 e. The van der Waals surface area contributed by atoms with Crippen molar-refractivity contribution in [1.82, 2.24) is 5.32 Å². The summed E-state index contributed by atoms with van der Waals surface area (Å²) in [5.41, 5.74) is 0. The third-order valence-corrected chi connectivity index (χ3v) is 3.73. The van der Waals surface area contributed by atoms with Crippen molar-refractivity contribution in [3.63, 3.8) is 0 Å². The summed E-state index contributed by atoms with van der Waals surface area (Å²) in [4.78, 5) is 0. The summed E-state index contributed by atoms with van der Waals surface area (Å²) in [6.07, 6.45) is 11.6. The Morgan fingerprint density at radius 2 is 1.82 bits per heavy atom. The van der Waals surface area contributed by atoms with E-state index in [1.165, 1.54) is 51.4 Å². The van der Waals surface area contributed by atoms with Gasteiger partial charge in [-0.3, -0.25) is 5.32 Å². The highest BCUT2D eigenvalue weighted by Crippen LogP contribution is 2.21. The van der Waals surface area contributed by atoms with Crippen molar-refractivity contribution < 1.29 is 4.74 Å². The quantitative estimate of drug-likeness (QED) is 0.721. The van der Waals surface area contributed by atoms with Crippen molar-refractivity contribution in [2.75, 3.05) is 6.61 Å². The van der Waals surface area contributed by atoms with Gasteiger partial charge in [-0.25, -0.2) is 0 Å². The van der Waals surface area contributed by atoms with Crippen LogP contribution in [-0.4, -0.2) is 24.8 Å². The molecule has 17 heavy (non-hydrogen) atoms. The van der Waals surface area contributed by atoms with Crippen LogP contribution in [0.4, 0.5) is 0 Å². The fraction of sp³-hybridized carbons (Fsp3) is 0.929. The van der Waals surface area contributed by atoms with Crippen molar-refractivity contribution in [3.8, 4) is 6.07 Å². The maximum atomic E-state index is 9.02. The molecule has 0 amide bonds. The second-order valence-corrected chi connectivity index (χ2v) is 5.40. The van der Waals surface area contributed by atoms with Gasteiger partial charge in [0.15, 0.2) is 0 Å². The van der Waals surface area contributed by atoms with E-state index in [1.807, 2.05) is 0 Å². The lowest BCUT2D eigenvalue weighted by molar-refractivity contribution is 0.0396. The van der Waals surface area contributed by atoms with E-state index in [-0.39, 0.29) is 6.04 Å². The van der Waals surface area contributed by atoms with Crippen LogP contribution in [0.5, 0.6) is 0 Å². The van der Waals surface area contributed by atoms with Crippen molar-refractivity contribution >= 4 is 0 Å². The van der Waals surface area contributed by atoms with Gasteiger partial charge in [0, 0.05) is 12.6 Å². The molecule has 0 bridgehead atoms. The number of hydrogen-bond donors (Lipinski definition) is 1. The molecule has 1 atom stereocenters. The van der Waals surface area contributed by atoms with Gasteiger partial charge < -0.3 is 4.74 Å². The number of ether oxygens (including phenoxy) is 1. The molecule has 96 valence electrons. The molecule has 2 fully saturated rings. The first-order valence-electron chi connectivity index (χ1n) is 7.16. The van der Waals surface area contributed by atoms with Crippen LogP contribution in [0.25, 0.3) is 0 Å². The first-order chi connectivity index (χ1) is 8.38. The number of nitrogens with one attached hydrogen (secondary N) is 1. The molecule has 0 spiro atoms. The summed E-state index contributed by atoms with van der Waals surface area (Å²) >= 11 is 0. The maximum absolute atomic E-state index is 9.02. The Hall–Kier alpha value is -0.590. The minimum atomic E-state index is -0.00622. The predicted octanol–water partition coefficient (Wildman–Crippen LogP) is 2.76. The second-order valence-electron chi connectivity index (χ2n) is 5.40. The Morgan fingerprint density at radius 3 is 2.41 bits per heavy atom. The van der Waals surface area contributed by atoms with Crippen molar-refractivity contribution in [3.05, 3.63) is 0 Å². The van der Waals surface area contributed by atoms with Crippen LogP contribution in [0.2, 0.25) is 0 Å². The number of hydrogen-bond acceptors (Lipinski definition) is 3. The zero-order valence-corrected chi connectivity index (χ0v) is 10.7. The molecule has 1 unspecified atom stereocenters. The summed E-state index contributed by atoms with van der Waals surface area (Å²) in [7, 11) is 0. The summed E-state index contributed by atoms with van der Waals surface area (Å²) < 4.78 is 5.91. The Balaban J connectivity index is 1.58. The van der Waals surface area contributed by atoms with E-state index in [0.717, 1.165) is 13.0 Å². The monoisotopic (exact) mass is 236 g/mol. The molecule has 0 heterocycles. The van der Waals surface area contributed by atoms with Crippen LogP contribution < -0.4 is 5.32 Å². The molecule has 3 heteroatoms. The molecule has 0 saturated heterocycles. The second kappa shape index (κ2) is 6.98. The molecule has 0 aromatic heterocycles.